The molecule has 30 heavy (non-hydrogen) atoms. The van der Waals surface area contributed by atoms with Gasteiger partial charge < -0.3 is 30.6 Å². The van der Waals surface area contributed by atoms with Crippen LogP contribution in [0.25, 0.3) is 0 Å². The molecule has 4 aliphatic heterocycles. The number of anilines is 1. The number of rotatable bonds is 2. The highest BCUT2D eigenvalue weighted by Gasteiger charge is 2.71. The van der Waals surface area contributed by atoms with Crippen LogP contribution < -0.4 is 21.1 Å². The number of benzene rings is 1. The number of amides is 1. The lowest BCUT2D eigenvalue weighted by Crippen LogP contribution is -2.71. The summed E-state index contributed by atoms with van der Waals surface area (Å²) in [6.45, 7) is 5.68. The first-order valence-corrected chi connectivity index (χ1v) is 10.1. The quantitative estimate of drug-likeness (QED) is 0.738. The first-order chi connectivity index (χ1) is 14.2. The van der Waals surface area contributed by atoms with Gasteiger partial charge in [0.25, 0.3) is 11.9 Å². The molecule has 9 heteroatoms. The molecule has 4 N–H and O–H groups in total. The van der Waals surface area contributed by atoms with Crippen LogP contribution in [0.1, 0.15) is 19.4 Å². The van der Waals surface area contributed by atoms with Crippen LogP contribution in [0.4, 0.5) is 5.69 Å². The van der Waals surface area contributed by atoms with E-state index in [9.17, 15) is 4.79 Å². The molecule has 5 rings (SSSR count). The summed E-state index contributed by atoms with van der Waals surface area (Å²) in [5, 5.41) is 0.597. The zero-order valence-corrected chi connectivity index (χ0v) is 17.5. The summed E-state index contributed by atoms with van der Waals surface area (Å²) in [6.07, 6.45) is 3.30. The zero-order chi connectivity index (χ0) is 21.3. The predicted molar refractivity (Wildman–Crippen MR) is 112 cm³/mol. The average molecular weight is 431 g/mol. The predicted octanol–water partition coefficient (Wildman–Crippen LogP) is 1.73. The molecule has 8 nitrogen and oxygen atoms in total. The molecule has 1 atom stereocenters. The van der Waals surface area contributed by atoms with Crippen molar-refractivity contribution in [3.05, 3.63) is 46.6 Å². The second kappa shape index (κ2) is 6.15. The Bertz CT molecular complexity index is 1040. The summed E-state index contributed by atoms with van der Waals surface area (Å²) in [5.41, 5.74) is 11.8. The van der Waals surface area contributed by atoms with Crippen molar-refractivity contribution in [3.8, 4) is 5.75 Å². The lowest BCUT2D eigenvalue weighted by atomic mass is 9.55. The van der Waals surface area contributed by atoms with Crippen LogP contribution in [-0.4, -0.2) is 43.9 Å². The zero-order valence-electron chi connectivity index (χ0n) is 16.8. The second-order valence-electron chi connectivity index (χ2n) is 8.58. The fraction of sp³-hybridized carbons (Fsp3) is 0.429. The Balaban J connectivity index is 1.68. The van der Waals surface area contributed by atoms with Crippen LogP contribution >= 0.6 is 11.6 Å². The van der Waals surface area contributed by atoms with Crippen molar-refractivity contribution >= 4 is 29.2 Å². The summed E-state index contributed by atoms with van der Waals surface area (Å²) in [7, 11) is 0. The SMILES string of the molecule is CC1(C)Oc2ccc(N3CC(Cl)=CC=C3C(N)=O)cc2[C@@]2(COC(N)=N2)C12COC2. The van der Waals surface area contributed by atoms with E-state index in [2.05, 4.69) is 0 Å². The molecule has 1 fully saturated rings. The van der Waals surface area contributed by atoms with Gasteiger partial charge in [-0.1, -0.05) is 11.6 Å². The molecule has 0 aromatic heterocycles. The number of nitrogens with zero attached hydrogens (tertiary/aromatic N) is 2. The van der Waals surface area contributed by atoms with E-state index in [1.54, 1.807) is 17.1 Å². The number of amidine groups is 1. The Morgan fingerprint density at radius 3 is 2.60 bits per heavy atom. The van der Waals surface area contributed by atoms with Gasteiger partial charge in [-0.3, -0.25) is 4.79 Å². The topological polar surface area (TPSA) is 112 Å². The lowest BCUT2D eigenvalue weighted by Gasteiger charge is -2.61. The molecule has 158 valence electrons. The van der Waals surface area contributed by atoms with E-state index >= 15 is 0 Å². The number of fused-ring (bicyclic) bond motifs is 3. The number of carbonyl (C=O) groups excluding carboxylic acids is 1. The molecule has 4 heterocycles. The van der Waals surface area contributed by atoms with Crippen molar-refractivity contribution in [2.24, 2.45) is 21.9 Å². The summed E-state index contributed by atoms with van der Waals surface area (Å²) in [4.78, 5) is 18.6. The van der Waals surface area contributed by atoms with Gasteiger partial charge >= 0.3 is 0 Å². The summed E-state index contributed by atoms with van der Waals surface area (Å²) in [6, 6.07) is 5.88. The van der Waals surface area contributed by atoms with Crippen LogP contribution in [-0.2, 0) is 19.8 Å². The number of halogens is 1. The van der Waals surface area contributed by atoms with Gasteiger partial charge in [-0.05, 0) is 44.2 Å². The van der Waals surface area contributed by atoms with Crippen molar-refractivity contribution in [2.75, 3.05) is 31.3 Å². The molecular weight excluding hydrogens is 408 g/mol. The van der Waals surface area contributed by atoms with E-state index in [4.69, 9.17) is 42.3 Å². The third-order valence-electron chi connectivity index (χ3n) is 6.73. The molecule has 0 saturated carbocycles. The minimum absolute atomic E-state index is 0.150. The maximum Gasteiger partial charge on any atom is 0.283 e. The van der Waals surface area contributed by atoms with Crippen molar-refractivity contribution in [2.45, 2.75) is 25.0 Å². The van der Waals surface area contributed by atoms with Crippen LogP contribution in [0.2, 0.25) is 0 Å². The van der Waals surface area contributed by atoms with Gasteiger partial charge in [0.1, 0.15) is 29.2 Å². The molecule has 0 aliphatic carbocycles. The highest BCUT2D eigenvalue weighted by atomic mass is 35.5. The third kappa shape index (κ3) is 2.37. The number of ether oxygens (including phenoxy) is 3. The summed E-state index contributed by atoms with van der Waals surface area (Å²) in [5.74, 6) is 0.169. The van der Waals surface area contributed by atoms with Crippen LogP contribution in [0, 0.1) is 5.41 Å². The number of primary amides is 1. The van der Waals surface area contributed by atoms with Gasteiger partial charge in [0.15, 0.2) is 0 Å². The van der Waals surface area contributed by atoms with Gasteiger partial charge in [0.2, 0.25) is 0 Å². The Labute approximate surface area is 179 Å². The first kappa shape index (κ1) is 19.3. The van der Waals surface area contributed by atoms with Gasteiger partial charge in [-0.15, -0.1) is 0 Å². The molecular formula is C21H23ClN4O4. The molecule has 0 radical (unpaired) electrons. The largest absolute Gasteiger partial charge is 0.487 e. The van der Waals surface area contributed by atoms with E-state index in [0.29, 0.717) is 42.8 Å². The van der Waals surface area contributed by atoms with Crippen molar-refractivity contribution in [1.82, 2.24) is 0 Å². The smallest absolute Gasteiger partial charge is 0.283 e. The molecule has 1 amide bonds. The minimum atomic E-state index is -0.756. The fourth-order valence-corrected chi connectivity index (χ4v) is 5.11. The van der Waals surface area contributed by atoms with Crippen LogP contribution in [0.15, 0.2) is 46.1 Å². The van der Waals surface area contributed by atoms with Crippen LogP contribution in [0.5, 0.6) is 5.75 Å². The van der Waals surface area contributed by atoms with Crippen molar-refractivity contribution in [3.63, 3.8) is 0 Å². The van der Waals surface area contributed by atoms with E-state index < -0.39 is 22.5 Å². The highest BCUT2D eigenvalue weighted by molar-refractivity contribution is 6.30. The van der Waals surface area contributed by atoms with Crippen LogP contribution in [0.3, 0.4) is 0 Å². The highest BCUT2D eigenvalue weighted by Crippen LogP contribution is 2.62. The third-order valence-corrected chi connectivity index (χ3v) is 6.98. The molecule has 1 saturated heterocycles. The molecule has 0 bridgehead atoms. The number of nitrogens with two attached hydrogens (primary N) is 2. The standard InChI is InChI=1S/C21H23ClN4O4/c1-19(2)20(9-28-10-20)21(11-29-18(24)25-21)14-7-13(4-6-16(14)30-19)26-8-12(22)3-5-15(26)17(23)27/h3-7H,8-11H2,1-2H3,(H2,23,27)(H2,24,25)/t21-/m0/s1. The Hall–Kier alpha value is -2.71. The van der Waals surface area contributed by atoms with Gasteiger partial charge in [-0.2, -0.15) is 0 Å². The fourth-order valence-electron chi connectivity index (χ4n) is 4.93. The monoisotopic (exact) mass is 430 g/mol. The maximum atomic E-state index is 12.0. The number of carbonyl (C=O) groups is 1. The number of allylic oxidation sites excluding steroid dienone is 2. The summed E-state index contributed by atoms with van der Waals surface area (Å²) < 4.78 is 17.8. The first-order valence-electron chi connectivity index (χ1n) is 9.72. The molecule has 2 spiro atoms. The lowest BCUT2D eigenvalue weighted by molar-refractivity contribution is -0.247. The number of aliphatic imine (C=N–C) groups is 1. The minimum Gasteiger partial charge on any atom is -0.487 e. The van der Waals surface area contributed by atoms with Gasteiger partial charge in [0, 0.05) is 16.3 Å². The van der Waals surface area contributed by atoms with E-state index in [1.165, 1.54) is 0 Å². The molecule has 4 aliphatic rings. The normalized spacial score (nSPS) is 28.0. The molecule has 1 aromatic carbocycles. The Morgan fingerprint density at radius 2 is 2.00 bits per heavy atom. The summed E-state index contributed by atoms with van der Waals surface area (Å²) >= 11 is 6.25. The Morgan fingerprint density at radius 1 is 1.23 bits per heavy atom. The molecule has 0 unspecified atom stereocenters. The van der Waals surface area contributed by atoms with E-state index in [-0.39, 0.29) is 6.02 Å². The number of hydrogen-bond donors (Lipinski definition) is 2. The van der Waals surface area contributed by atoms with Crippen molar-refractivity contribution in [1.29, 1.82) is 0 Å². The van der Waals surface area contributed by atoms with E-state index in [1.807, 2.05) is 32.0 Å². The average Bonchev–Trinajstić information content (AvgIpc) is 3.01. The Kier molecular flexibility index (Phi) is 3.95. The van der Waals surface area contributed by atoms with Gasteiger partial charge in [-0.25, -0.2) is 4.99 Å². The van der Waals surface area contributed by atoms with E-state index in [0.717, 1.165) is 11.3 Å². The molecule has 1 aromatic rings. The maximum absolute atomic E-state index is 12.0. The second-order valence-corrected chi connectivity index (χ2v) is 9.07. The van der Waals surface area contributed by atoms with Gasteiger partial charge in [0.05, 0.1) is 25.2 Å². The number of hydrogen-bond acceptors (Lipinski definition) is 7. The van der Waals surface area contributed by atoms with Crippen molar-refractivity contribution < 1.29 is 19.0 Å².